The number of benzene rings is 1. The van der Waals surface area contributed by atoms with E-state index in [2.05, 4.69) is 4.90 Å². The number of piperazine rings is 1. The lowest BCUT2D eigenvalue weighted by Gasteiger charge is -2.39. The topological polar surface area (TPSA) is 62.2 Å². The summed E-state index contributed by atoms with van der Waals surface area (Å²) in [5, 5.41) is 10.1. The number of aliphatic hydroxyl groups excluding tert-OH is 1. The summed E-state index contributed by atoms with van der Waals surface area (Å²) >= 11 is 0. The molecule has 2 unspecified atom stereocenters. The van der Waals surface area contributed by atoms with E-state index >= 15 is 0 Å². The Hall–Kier alpha value is -1.79. The van der Waals surface area contributed by atoms with E-state index in [0.29, 0.717) is 30.2 Å². The molecule has 1 N–H and O–H groups in total. The van der Waals surface area contributed by atoms with Gasteiger partial charge in [-0.05, 0) is 38.3 Å². The zero-order valence-corrected chi connectivity index (χ0v) is 15.3. The van der Waals surface area contributed by atoms with Crippen LogP contribution in [-0.4, -0.2) is 73.4 Å². The first-order valence-electron chi connectivity index (χ1n) is 8.99. The van der Waals surface area contributed by atoms with Crippen LogP contribution in [0.25, 0.3) is 0 Å². The molecule has 0 spiro atoms. The number of carbonyl (C=O) groups is 1. The molecule has 3 rings (SSSR count). The van der Waals surface area contributed by atoms with E-state index in [1.165, 1.54) is 0 Å². The summed E-state index contributed by atoms with van der Waals surface area (Å²) in [5.74, 6) is 1.33. The van der Waals surface area contributed by atoms with Crippen LogP contribution in [0.15, 0.2) is 12.1 Å². The van der Waals surface area contributed by atoms with E-state index < -0.39 is 0 Å². The molecule has 1 aromatic carbocycles. The Morgan fingerprint density at radius 2 is 1.68 bits per heavy atom. The number of carbonyl (C=O) groups excluding carboxylic acids is 1. The van der Waals surface area contributed by atoms with Crippen LogP contribution in [0.5, 0.6) is 11.5 Å². The van der Waals surface area contributed by atoms with E-state index in [9.17, 15) is 9.90 Å². The summed E-state index contributed by atoms with van der Waals surface area (Å²) in [6, 6.07) is 3.83. The van der Waals surface area contributed by atoms with Crippen LogP contribution in [0.1, 0.15) is 35.2 Å². The summed E-state index contributed by atoms with van der Waals surface area (Å²) in [4.78, 5) is 17.1. The van der Waals surface area contributed by atoms with Gasteiger partial charge in [-0.3, -0.25) is 9.69 Å². The molecule has 2 fully saturated rings. The van der Waals surface area contributed by atoms with Gasteiger partial charge in [0.25, 0.3) is 5.91 Å². The fourth-order valence-corrected chi connectivity index (χ4v) is 4.00. The highest BCUT2D eigenvalue weighted by Gasteiger charge is 2.33. The molecule has 1 aromatic rings. The molecule has 2 aliphatic rings. The molecule has 1 aliphatic heterocycles. The minimum Gasteiger partial charge on any atom is -0.496 e. The predicted octanol–water partition coefficient (Wildman–Crippen LogP) is 1.68. The second-order valence-corrected chi connectivity index (χ2v) is 6.90. The predicted molar refractivity (Wildman–Crippen MR) is 95.4 cm³/mol. The Balaban J connectivity index is 1.68. The minimum absolute atomic E-state index is 0.00298. The summed E-state index contributed by atoms with van der Waals surface area (Å²) in [6.07, 6.45) is 2.83. The molecule has 1 heterocycles. The Morgan fingerprint density at radius 1 is 1.08 bits per heavy atom. The maximum absolute atomic E-state index is 12.9. The smallest absolute Gasteiger partial charge is 0.254 e. The largest absolute Gasteiger partial charge is 0.496 e. The van der Waals surface area contributed by atoms with E-state index in [4.69, 9.17) is 9.47 Å². The molecule has 6 nitrogen and oxygen atoms in total. The van der Waals surface area contributed by atoms with Crippen LogP contribution in [0, 0.1) is 6.92 Å². The fourth-order valence-electron chi connectivity index (χ4n) is 4.00. The quantitative estimate of drug-likeness (QED) is 0.897. The zero-order valence-electron chi connectivity index (χ0n) is 15.3. The van der Waals surface area contributed by atoms with Crippen LogP contribution < -0.4 is 9.47 Å². The lowest BCUT2D eigenvalue weighted by Crippen LogP contribution is -2.53. The summed E-state index contributed by atoms with van der Waals surface area (Å²) < 4.78 is 10.8. The van der Waals surface area contributed by atoms with Gasteiger partial charge in [0.1, 0.15) is 11.5 Å². The van der Waals surface area contributed by atoms with Crippen LogP contribution >= 0.6 is 0 Å². The normalized spacial score (nSPS) is 24.4. The van der Waals surface area contributed by atoms with Gasteiger partial charge >= 0.3 is 0 Å². The monoisotopic (exact) mass is 348 g/mol. The third-order valence-electron chi connectivity index (χ3n) is 5.51. The van der Waals surface area contributed by atoms with Gasteiger partial charge in [0.15, 0.2) is 0 Å². The second-order valence-electron chi connectivity index (χ2n) is 6.90. The standard InChI is InChI=1S/C19H28N2O4/c1-13-17(24-2)11-14(12-18(13)25-3)19(23)21-9-7-20(8-10-21)15-5-4-6-16(15)22/h11-12,15-16,22H,4-10H2,1-3H3. The van der Waals surface area contributed by atoms with Gasteiger partial charge in [-0.25, -0.2) is 0 Å². The lowest BCUT2D eigenvalue weighted by atomic mass is 10.1. The van der Waals surface area contributed by atoms with Crippen molar-refractivity contribution in [3.05, 3.63) is 23.3 Å². The molecule has 6 heteroatoms. The number of hydrogen-bond acceptors (Lipinski definition) is 5. The molecular formula is C19H28N2O4. The van der Waals surface area contributed by atoms with Gasteiger partial charge in [0, 0.05) is 43.3 Å². The van der Waals surface area contributed by atoms with Crippen molar-refractivity contribution in [3.63, 3.8) is 0 Å². The molecule has 1 aliphatic carbocycles. The maximum Gasteiger partial charge on any atom is 0.254 e. The molecule has 25 heavy (non-hydrogen) atoms. The van der Waals surface area contributed by atoms with Crippen molar-refractivity contribution >= 4 is 5.91 Å². The number of hydrogen-bond donors (Lipinski definition) is 1. The summed E-state index contributed by atoms with van der Waals surface area (Å²) in [5.41, 5.74) is 1.48. The van der Waals surface area contributed by atoms with Gasteiger partial charge in [-0.2, -0.15) is 0 Å². The molecule has 2 atom stereocenters. The van der Waals surface area contributed by atoms with Crippen molar-refractivity contribution < 1.29 is 19.4 Å². The van der Waals surface area contributed by atoms with E-state index in [0.717, 1.165) is 37.9 Å². The lowest BCUT2D eigenvalue weighted by molar-refractivity contribution is 0.0315. The first-order chi connectivity index (χ1) is 12.0. The number of amides is 1. The first kappa shape index (κ1) is 18.0. The van der Waals surface area contributed by atoms with Gasteiger partial charge in [-0.15, -0.1) is 0 Å². The van der Waals surface area contributed by atoms with Crippen molar-refractivity contribution in [2.45, 2.75) is 38.3 Å². The second kappa shape index (κ2) is 7.62. The van der Waals surface area contributed by atoms with E-state index in [1.807, 2.05) is 11.8 Å². The number of nitrogens with zero attached hydrogens (tertiary/aromatic N) is 2. The third-order valence-corrected chi connectivity index (χ3v) is 5.51. The highest BCUT2D eigenvalue weighted by Crippen LogP contribution is 2.30. The Kier molecular flexibility index (Phi) is 5.49. The molecule has 0 bridgehead atoms. The first-order valence-corrected chi connectivity index (χ1v) is 8.99. The average Bonchev–Trinajstić information content (AvgIpc) is 3.07. The highest BCUT2D eigenvalue weighted by atomic mass is 16.5. The van der Waals surface area contributed by atoms with Crippen LogP contribution in [-0.2, 0) is 0 Å². The Morgan fingerprint density at radius 3 is 2.16 bits per heavy atom. The van der Waals surface area contributed by atoms with Gasteiger partial charge in [-0.1, -0.05) is 0 Å². The van der Waals surface area contributed by atoms with Crippen molar-refractivity contribution in [3.8, 4) is 11.5 Å². The summed E-state index contributed by atoms with van der Waals surface area (Å²) in [7, 11) is 3.20. The van der Waals surface area contributed by atoms with Crippen molar-refractivity contribution in [1.82, 2.24) is 9.80 Å². The molecule has 1 saturated heterocycles. The van der Waals surface area contributed by atoms with Gasteiger partial charge in [0.2, 0.25) is 0 Å². The van der Waals surface area contributed by atoms with E-state index in [-0.39, 0.29) is 18.1 Å². The molecule has 1 saturated carbocycles. The van der Waals surface area contributed by atoms with Crippen molar-refractivity contribution in [2.75, 3.05) is 40.4 Å². The van der Waals surface area contributed by atoms with Crippen molar-refractivity contribution in [1.29, 1.82) is 0 Å². The third kappa shape index (κ3) is 3.60. The van der Waals surface area contributed by atoms with Crippen LogP contribution in [0.3, 0.4) is 0 Å². The van der Waals surface area contributed by atoms with Crippen molar-refractivity contribution in [2.24, 2.45) is 0 Å². The summed E-state index contributed by atoms with van der Waals surface area (Å²) in [6.45, 7) is 4.90. The SMILES string of the molecule is COc1cc(C(=O)N2CCN(C3CCCC3O)CC2)cc(OC)c1C. The van der Waals surface area contributed by atoms with E-state index in [1.54, 1.807) is 26.4 Å². The highest BCUT2D eigenvalue weighted by molar-refractivity contribution is 5.95. The zero-order chi connectivity index (χ0) is 18.0. The number of aliphatic hydroxyl groups is 1. The fraction of sp³-hybridized carbons (Fsp3) is 0.632. The number of ether oxygens (including phenoxy) is 2. The van der Waals surface area contributed by atoms with Crippen LogP contribution in [0.4, 0.5) is 0 Å². The van der Waals surface area contributed by atoms with Gasteiger partial charge < -0.3 is 19.5 Å². The Bertz CT molecular complexity index is 601. The average molecular weight is 348 g/mol. The number of rotatable bonds is 4. The maximum atomic E-state index is 12.9. The molecule has 138 valence electrons. The minimum atomic E-state index is -0.215. The molecule has 0 radical (unpaired) electrons. The Labute approximate surface area is 149 Å². The molecular weight excluding hydrogens is 320 g/mol. The molecule has 1 amide bonds. The molecule has 0 aromatic heterocycles. The number of methoxy groups -OCH3 is 2. The van der Waals surface area contributed by atoms with Gasteiger partial charge in [0.05, 0.1) is 20.3 Å². The van der Waals surface area contributed by atoms with Crippen LogP contribution in [0.2, 0.25) is 0 Å².